The van der Waals surface area contributed by atoms with E-state index in [9.17, 15) is 9.59 Å². The Hall–Kier alpha value is -1.50. The Kier molecular flexibility index (Phi) is 3.32. The minimum Gasteiger partial charge on any atom is -0.355 e. The molecule has 2 amide bonds. The van der Waals surface area contributed by atoms with Gasteiger partial charge >= 0.3 is 0 Å². The zero-order chi connectivity index (χ0) is 9.68. The maximum absolute atomic E-state index is 11.3. The van der Waals surface area contributed by atoms with Gasteiger partial charge in [-0.15, -0.1) is 5.92 Å². The summed E-state index contributed by atoms with van der Waals surface area (Å²) in [7, 11) is 0. The summed E-state index contributed by atoms with van der Waals surface area (Å²) < 4.78 is 0. The molecule has 0 saturated carbocycles. The van der Waals surface area contributed by atoms with Gasteiger partial charge in [0.15, 0.2) is 0 Å². The summed E-state index contributed by atoms with van der Waals surface area (Å²) in [6.45, 7) is 2.52. The first-order chi connectivity index (χ1) is 6.24. The maximum atomic E-state index is 11.3. The lowest BCUT2D eigenvalue weighted by Crippen LogP contribution is -2.32. The molecule has 1 aliphatic rings. The topological polar surface area (TPSA) is 58.2 Å². The standard InChI is InChI=1S/C9H12N2O2/c1-2-3-4-10-9(13)7-5-8(12)11-6-7/h7H,4-6H2,1H3,(H,10,13)(H,11,12). The number of carbonyl (C=O) groups is 2. The summed E-state index contributed by atoms with van der Waals surface area (Å²) >= 11 is 0. The molecule has 0 radical (unpaired) electrons. The van der Waals surface area contributed by atoms with Crippen molar-refractivity contribution in [2.24, 2.45) is 5.92 Å². The zero-order valence-electron chi connectivity index (χ0n) is 7.52. The van der Waals surface area contributed by atoms with Crippen LogP contribution < -0.4 is 10.6 Å². The van der Waals surface area contributed by atoms with E-state index in [1.54, 1.807) is 6.92 Å². The molecule has 1 atom stereocenters. The molecule has 2 N–H and O–H groups in total. The highest BCUT2D eigenvalue weighted by Crippen LogP contribution is 2.07. The Morgan fingerprint density at radius 2 is 2.54 bits per heavy atom. The lowest BCUT2D eigenvalue weighted by atomic mass is 10.1. The van der Waals surface area contributed by atoms with Crippen molar-refractivity contribution in [1.82, 2.24) is 10.6 Å². The van der Waals surface area contributed by atoms with Crippen LogP contribution in [0.3, 0.4) is 0 Å². The molecule has 0 bridgehead atoms. The highest BCUT2D eigenvalue weighted by molar-refractivity contribution is 5.89. The van der Waals surface area contributed by atoms with Crippen LogP contribution in [0.5, 0.6) is 0 Å². The average molecular weight is 180 g/mol. The minimum absolute atomic E-state index is 0.0540. The van der Waals surface area contributed by atoms with Gasteiger partial charge in [0, 0.05) is 13.0 Å². The first-order valence-electron chi connectivity index (χ1n) is 4.18. The van der Waals surface area contributed by atoms with Gasteiger partial charge in [-0.25, -0.2) is 0 Å². The van der Waals surface area contributed by atoms with Crippen molar-refractivity contribution < 1.29 is 9.59 Å². The van der Waals surface area contributed by atoms with Crippen molar-refractivity contribution in [2.75, 3.05) is 13.1 Å². The summed E-state index contributed by atoms with van der Waals surface area (Å²) in [5.41, 5.74) is 0. The van der Waals surface area contributed by atoms with Crippen molar-refractivity contribution in [3.8, 4) is 11.8 Å². The largest absolute Gasteiger partial charge is 0.355 e. The van der Waals surface area contributed by atoms with Crippen molar-refractivity contribution >= 4 is 11.8 Å². The third-order valence-corrected chi connectivity index (χ3v) is 1.88. The predicted octanol–water partition coefficient (Wildman–Crippen LogP) is -0.738. The van der Waals surface area contributed by atoms with E-state index in [4.69, 9.17) is 0 Å². The van der Waals surface area contributed by atoms with Gasteiger partial charge in [-0.05, 0) is 6.92 Å². The van der Waals surface area contributed by atoms with Crippen LogP contribution in [-0.4, -0.2) is 24.9 Å². The molecule has 4 heteroatoms. The van der Waals surface area contributed by atoms with Crippen molar-refractivity contribution in [1.29, 1.82) is 0 Å². The van der Waals surface area contributed by atoms with E-state index < -0.39 is 0 Å². The van der Waals surface area contributed by atoms with E-state index in [0.717, 1.165) is 0 Å². The van der Waals surface area contributed by atoms with Crippen LogP contribution >= 0.6 is 0 Å². The first-order valence-corrected chi connectivity index (χ1v) is 4.18. The third-order valence-electron chi connectivity index (χ3n) is 1.88. The summed E-state index contributed by atoms with van der Waals surface area (Å²) in [4.78, 5) is 22.1. The number of rotatable bonds is 2. The smallest absolute Gasteiger partial charge is 0.226 e. The second-order valence-corrected chi connectivity index (χ2v) is 2.85. The molecular weight excluding hydrogens is 168 g/mol. The van der Waals surface area contributed by atoms with Gasteiger partial charge in [0.1, 0.15) is 0 Å². The number of amides is 2. The Morgan fingerprint density at radius 3 is 3.08 bits per heavy atom. The highest BCUT2D eigenvalue weighted by atomic mass is 16.2. The van der Waals surface area contributed by atoms with Gasteiger partial charge < -0.3 is 10.6 Å². The summed E-state index contributed by atoms with van der Waals surface area (Å²) in [6, 6.07) is 0. The quantitative estimate of drug-likeness (QED) is 0.550. The van der Waals surface area contributed by atoms with Gasteiger partial charge in [0.2, 0.25) is 11.8 Å². The fraction of sp³-hybridized carbons (Fsp3) is 0.556. The van der Waals surface area contributed by atoms with E-state index in [1.807, 2.05) is 0 Å². The number of nitrogens with one attached hydrogen (secondary N) is 2. The minimum atomic E-state index is -0.217. The summed E-state index contributed by atoms with van der Waals surface area (Å²) in [6.07, 6.45) is 0.297. The average Bonchev–Trinajstić information content (AvgIpc) is 2.52. The molecule has 1 fully saturated rings. The van der Waals surface area contributed by atoms with Gasteiger partial charge in [0.25, 0.3) is 0 Å². The lowest BCUT2D eigenvalue weighted by Gasteiger charge is -2.05. The Morgan fingerprint density at radius 1 is 1.77 bits per heavy atom. The molecular formula is C9H12N2O2. The fourth-order valence-corrected chi connectivity index (χ4v) is 1.15. The van der Waals surface area contributed by atoms with E-state index in [2.05, 4.69) is 22.5 Å². The van der Waals surface area contributed by atoms with Gasteiger partial charge in [0.05, 0.1) is 12.5 Å². The molecule has 1 saturated heterocycles. The Balaban J connectivity index is 2.30. The monoisotopic (exact) mass is 180 g/mol. The first kappa shape index (κ1) is 9.59. The van der Waals surface area contributed by atoms with Crippen LogP contribution in [0.25, 0.3) is 0 Å². The van der Waals surface area contributed by atoms with Crippen molar-refractivity contribution in [3.05, 3.63) is 0 Å². The number of hydrogen-bond acceptors (Lipinski definition) is 2. The molecule has 0 aliphatic carbocycles. The molecule has 0 spiro atoms. The van der Waals surface area contributed by atoms with Crippen LogP contribution in [0, 0.1) is 17.8 Å². The van der Waals surface area contributed by atoms with E-state index in [1.165, 1.54) is 0 Å². The summed E-state index contributed by atoms with van der Waals surface area (Å²) in [5.74, 6) is 5.04. The number of hydrogen-bond donors (Lipinski definition) is 2. The zero-order valence-corrected chi connectivity index (χ0v) is 7.52. The van der Waals surface area contributed by atoms with Gasteiger partial charge in [-0.3, -0.25) is 9.59 Å². The van der Waals surface area contributed by atoms with Crippen molar-refractivity contribution in [3.63, 3.8) is 0 Å². The molecule has 4 nitrogen and oxygen atoms in total. The maximum Gasteiger partial charge on any atom is 0.226 e. The molecule has 1 heterocycles. The predicted molar refractivity (Wildman–Crippen MR) is 47.6 cm³/mol. The number of carbonyl (C=O) groups excluding carboxylic acids is 2. The highest BCUT2D eigenvalue weighted by Gasteiger charge is 2.27. The normalized spacial score (nSPS) is 20.1. The molecule has 0 aromatic heterocycles. The third kappa shape index (κ3) is 2.79. The molecule has 1 unspecified atom stereocenters. The van der Waals surface area contributed by atoms with Crippen molar-refractivity contribution in [2.45, 2.75) is 13.3 Å². The lowest BCUT2D eigenvalue weighted by molar-refractivity contribution is -0.126. The second-order valence-electron chi connectivity index (χ2n) is 2.85. The molecule has 1 rings (SSSR count). The van der Waals surface area contributed by atoms with Crippen LogP contribution in [0.1, 0.15) is 13.3 Å². The van der Waals surface area contributed by atoms with Crippen LogP contribution in [0.4, 0.5) is 0 Å². The van der Waals surface area contributed by atoms with Crippen LogP contribution in [0.15, 0.2) is 0 Å². The molecule has 0 aromatic carbocycles. The van der Waals surface area contributed by atoms with E-state index in [-0.39, 0.29) is 17.7 Å². The SMILES string of the molecule is CC#CCNC(=O)C1CNC(=O)C1. The van der Waals surface area contributed by atoms with Crippen LogP contribution in [0.2, 0.25) is 0 Å². The van der Waals surface area contributed by atoms with E-state index in [0.29, 0.717) is 19.5 Å². The molecule has 0 aromatic rings. The van der Waals surface area contributed by atoms with E-state index >= 15 is 0 Å². The molecule has 13 heavy (non-hydrogen) atoms. The Labute approximate surface area is 77.1 Å². The fourth-order valence-electron chi connectivity index (χ4n) is 1.15. The van der Waals surface area contributed by atoms with Crippen LogP contribution in [-0.2, 0) is 9.59 Å². The van der Waals surface area contributed by atoms with Gasteiger partial charge in [-0.1, -0.05) is 5.92 Å². The molecule has 1 aliphatic heterocycles. The Bertz CT molecular complexity index is 275. The van der Waals surface area contributed by atoms with Gasteiger partial charge in [-0.2, -0.15) is 0 Å². The summed E-state index contributed by atoms with van der Waals surface area (Å²) in [5, 5.41) is 5.25. The molecule has 70 valence electrons. The second kappa shape index (κ2) is 4.51.